The lowest BCUT2D eigenvalue weighted by Crippen LogP contribution is -2.55. The fourth-order valence-electron chi connectivity index (χ4n) is 3.66. The Bertz CT molecular complexity index is 694. The number of carbonyl (C=O) groups excluding carboxylic acids is 3. The smallest absolute Gasteiger partial charge is 0.316 e. The minimum atomic E-state index is -1.63. The predicted molar refractivity (Wildman–Crippen MR) is 94.8 cm³/mol. The number of ketones is 1. The van der Waals surface area contributed by atoms with Gasteiger partial charge in [0.25, 0.3) is 0 Å². The number of hydrogen-bond acceptors (Lipinski definition) is 7. The number of anilines is 1. The summed E-state index contributed by atoms with van der Waals surface area (Å²) in [6.07, 6.45) is -0.321. The van der Waals surface area contributed by atoms with Gasteiger partial charge in [-0.1, -0.05) is 12.1 Å². The molecule has 4 atom stereocenters. The van der Waals surface area contributed by atoms with Crippen LogP contribution in [0.3, 0.4) is 0 Å². The van der Waals surface area contributed by atoms with E-state index in [1.807, 2.05) is 31.1 Å². The van der Waals surface area contributed by atoms with E-state index in [-0.39, 0.29) is 6.42 Å². The Morgan fingerprint density at radius 1 is 1.12 bits per heavy atom. The van der Waals surface area contributed by atoms with Crippen LogP contribution in [-0.4, -0.2) is 56.7 Å². The highest BCUT2D eigenvalue weighted by atomic mass is 16.5. The third-order valence-electron chi connectivity index (χ3n) is 4.97. The summed E-state index contributed by atoms with van der Waals surface area (Å²) in [5.41, 5.74) is -0.110. The van der Waals surface area contributed by atoms with E-state index in [9.17, 15) is 19.5 Å². The van der Waals surface area contributed by atoms with Gasteiger partial charge in [-0.15, -0.1) is 0 Å². The summed E-state index contributed by atoms with van der Waals surface area (Å²) in [5.74, 6) is -4.96. The van der Waals surface area contributed by atoms with Crippen LogP contribution >= 0.6 is 0 Å². The zero-order valence-electron chi connectivity index (χ0n) is 15.7. The first kappa shape index (κ1) is 19.9. The van der Waals surface area contributed by atoms with E-state index in [0.29, 0.717) is 5.56 Å². The van der Waals surface area contributed by atoms with Crippen molar-refractivity contribution in [2.75, 3.05) is 33.2 Å². The molecule has 0 aromatic heterocycles. The molecule has 1 saturated carbocycles. The van der Waals surface area contributed by atoms with E-state index in [4.69, 9.17) is 9.47 Å². The lowest BCUT2D eigenvalue weighted by atomic mass is 9.62. The van der Waals surface area contributed by atoms with Crippen LogP contribution in [0.5, 0.6) is 0 Å². The monoisotopic (exact) mass is 363 g/mol. The van der Waals surface area contributed by atoms with Crippen LogP contribution in [0.25, 0.3) is 0 Å². The minimum absolute atomic E-state index is 0.321. The number of methoxy groups -OCH3 is 2. The average Bonchev–Trinajstić information content (AvgIpc) is 2.59. The molecule has 4 unspecified atom stereocenters. The normalized spacial score (nSPS) is 28.4. The number of carbonyl (C=O) groups is 3. The first-order valence-corrected chi connectivity index (χ1v) is 8.32. The summed E-state index contributed by atoms with van der Waals surface area (Å²) in [6, 6.07) is 7.15. The van der Waals surface area contributed by atoms with E-state index >= 15 is 0 Å². The molecule has 7 nitrogen and oxygen atoms in total. The molecule has 1 aromatic rings. The van der Waals surface area contributed by atoms with Gasteiger partial charge in [-0.25, -0.2) is 0 Å². The highest BCUT2D eigenvalue weighted by Crippen LogP contribution is 2.46. The van der Waals surface area contributed by atoms with Crippen molar-refractivity contribution in [3.63, 3.8) is 0 Å². The second-order valence-corrected chi connectivity index (χ2v) is 7.01. The predicted octanol–water partition coefficient (Wildman–Crippen LogP) is 1.14. The maximum atomic E-state index is 12.6. The van der Waals surface area contributed by atoms with Gasteiger partial charge in [0.1, 0.15) is 5.92 Å². The summed E-state index contributed by atoms with van der Waals surface area (Å²) < 4.78 is 9.67. The topological polar surface area (TPSA) is 93.1 Å². The van der Waals surface area contributed by atoms with Crippen molar-refractivity contribution >= 4 is 23.4 Å². The molecule has 142 valence electrons. The number of Topliss-reactive ketones (excluding diaryl/α,β-unsaturated/α-hetero) is 1. The highest BCUT2D eigenvalue weighted by Gasteiger charge is 2.56. The maximum absolute atomic E-state index is 12.6. The number of hydrogen-bond donors (Lipinski definition) is 1. The Kier molecular flexibility index (Phi) is 5.71. The van der Waals surface area contributed by atoms with Crippen molar-refractivity contribution in [1.82, 2.24) is 0 Å². The highest BCUT2D eigenvalue weighted by molar-refractivity contribution is 6.02. The Balaban J connectivity index is 2.61. The van der Waals surface area contributed by atoms with Gasteiger partial charge in [0.2, 0.25) is 0 Å². The van der Waals surface area contributed by atoms with Crippen molar-refractivity contribution in [3.05, 3.63) is 29.8 Å². The van der Waals surface area contributed by atoms with Gasteiger partial charge in [0.15, 0.2) is 5.78 Å². The van der Waals surface area contributed by atoms with Crippen LogP contribution in [-0.2, 0) is 23.9 Å². The van der Waals surface area contributed by atoms with Crippen molar-refractivity contribution < 1.29 is 29.0 Å². The molecule has 0 saturated heterocycles. The van der Waals surface area contributed by atoms with Gasteiger partial charge in [-0.05, 0) is 24.6 Å². The SMILES string of the molecule is COC(=O)C1C(=O)CC(C)(O)C(C(=O)OC)C1c1ccc(N(C)C)cc1. The summed E-state index contributed by atoms with van der Waals surface area (Å²) in [5, 5.41) is 10.8. The third kappa shape index (κ3) is 3.58. The standard InChI is InChI=1S/C19H25NO6/c1-19(24)10-13(21)15(17(22)25-4)14(16(19)18(23)26-5)11-6-8-12(9-7-11)20(2)3/h6-9,14-16,24H,10H2,1-5H3. The van der Waals surface area contributed by atoms with Gasteiger partial charge >= 0.3 is 11.9 Å². The van der Waals surface area contributed by atoms with E-state index in [1.54, 1.807) is 12.1 Å². The molecule has 1 N–H and O–H groups in total. The molecule has 2 rings (SSSR count). The summed E-state index contributed by atoms with van der Waals surface area (Å²) >= 11 is 0. The maximum Gasteiger partial charge on any atom is 0.316 e. The van der Waals surface area contributed by atoms with Crippen molar-refractivity contribution in [1.29, 1.82) is 0 Å². The quantitative estimate of drug-likeness (QED) is 0.633. The van der Waals surface area contributed by atoms with Crippen molar-refractivity contribution in [2.24, 2.45) is 11.8 Å². The Morgan fingerprint density at radius 2 is 1.65 bits per heavy atom. The first-order chi connectivity index (χ1) is 12.1. The Labute approximate surface area is 152 Å². The average molecular weight is 363 g/mol. The molecule has 7 heteroatoms. The lowest BCUT2D eigenvalue weighted by Gasteiger charge is -2.43. The molecule has 1 aliphatic carbocycles. The molecule has 0 aliphatic heterocycles. The van der Waals surface area contributed by atoms with Crippen LogP contribution < -0.4 is 4.90 Å². The number of esters is 2. The molecule has 0 spiro atoms. The van der Waals surface area contributed by atoms with Gasteiger partial charge in [-0.3, -0.25) is 14.4 Å². The lowest BCUT2D eigenvalue weighted by molar-refractivity contribution is -0.170. The van der Waals surface area contributed by atoms with E-state index in [2.05, 4.69) is 0 Å². The van der Waals surface area contributed by atoms with Gasteiger partial charge < -0.3 is 19.5 Å². The Hall–Kier alpha value is -2.41. The van der Waals surface area contributed by atoms with Gasteiger partial charge in [0, 0.05) is 32.1 Å². The number of benzene rings is 1. The van der Waals surface area contributed by atoms with Crippen LogP contribution in [0.2, 0.25) is 0 Å². The summed E-state index contributed by atoms with van der Waals surface area (Å²) in [7, 11) is 6.19. The number of nitrogens with zero attached hydrogens (tertiary/aromatic N) is 1. The second-order valence-electron chi connectivity index (χ2n) is 7.01. The summed E-state index contributed by atoms with van der Waals surface area (Å²) in [4.78, 5) is 39.3. The van der Waals surface area contributed by atoms with Crippen LogP contribution in [0, 0.1) is 11.8 Å². The summed E-state index contributed by atoms with van der Waals surface area (Å²) in [6.45, 7) is 1.42. The van der Waals surface area contributed by atoms with Crippen LogP contribution in [0.1, 0.15) is 24.8 Å². The molecule has 0 bridgehead atoms. The zero-order chi connectivity index (χ0) is 19.6. The fourth-order valence-corrected chi connectivity index (χ4v) is 3.66. The molecule has 0 radical (unpaired) electrons. The second kappa shape index (κ2) is 7.45. The van der Waals surface area contributed by atoms with Crippen LogP contribution in [0.15, 0.2) is 24.3 Å². The molecule has 1 aliphatic rings. The molecule has 1 fully saturated rings. The van der Waals surface area contributed by atoms with Crippen LogP contribution in [0.4, 0.5) is 5.69 Å². The number of ether oxygens (including phenoxy) is 2. The molecule has 0 amide bonds. The third-order valence-corrected chi connectivity index (χ3v) is 4.97. The minimum Gasteiger partial charge on any atom is -0.469 e. The fraction of sp³-hybridized carbons (Fsp3) is 0.526. The van der Waals surface area contributed by atoms with Gasteiger partial charge in [-0.2, -0.15) is 0 Å². The Morgan fingerprint density at radius 3 is 2.12 bits per heavy atom. The number of aliphatic hydroxyl groups is 1. The van der Waals surface area contributed by atoms with E-state index in [0.717, 1.165) is 5.69 Å². The first-order valence-electron chi connectivity index (χ1n) is 8.32. The molecule has 26 heavy (non-hydrogen) atoms. The van der Waals surface area contributed by atoms with E-state index in [1.165, 1.54) is 21.1 Å². The largest absolute Gasteiger partial charge is 0.469 e. The molecular formula is C19H25NO6. The zero-order valence-corrected chi connectivity index (χ0v) is 15.7. The van der Waals surface area contributed by atoms with Crippen molar-refractivity contribution in [3.8, 4) is 0 Å². The molecule has 1 aromatic carbocycles. The molecule has 0 heterocycles. The van der Waals surface area contributed by atoms with E-state index < -0.39 is 41.1 Å². The van der Waals surface area contributed by atoms with Crippen molar-refractivity contribution in [2.45, 2.75) is 24.9 Å². The molecular weight excluding hydrogens is 338 g/mol. The van der Waals surface area contributed by atoms with Gasteiger partial charge in [0.05, 0.1) is 25.7 Å². The number of rotatable bonds is 4.